The molecule has 5 fully saturated rings. The minimum Gasteiger partial charge on any atom is -0.497 e. The number of hydrogen-bond acceptors (Lipinski definition) is 4. The van der Waals surface area contributed by atoms with Crippen molar-refractivity contribution in [1.82, 2.24) is 0 Å². The van der Waals surface area contributed by atoms with Crippen molar-refractivity contribution in [3.05, 3.63) is 29.8 Å². The van der Waals surface area contributed by atoms with Gasteiger partial charge in [0.2, 0.25) is 0 Å². The SMILES string of the molecule is COc1ccc(C2(OC)OOC2C23CC4CC(CC(C4)C2)C3)cc1. The standard InChI is InChI=1S/C20H26O4/c1-21-17-5-3-16(4-6-17)20(22-2)18(23-24-20)19-10-13-7-14(11-19)9-15(8-13)12-19/h3-6,13-15,18H,7-12H2,1-2H3. The second kappa shape index (κ2) is 5.20. The first-order valence-electron chi connectivity index (χ1n) is 9.21. The molecule has 4 aliphatic carbocycles. The molecule has 5 aliphatic rings. The molecule has 0 amide bonds. The summed E-state index contributed by atoms with van der Waals surface area (Å²) in [5.41, 5.74) is 1.25. The van der Waals surface area contributed by atoms with Crippen LogP contribution in [0.3, 0.4) is 0 Å². The van der Waals surface area contributed by atoms with E-state index in [1.54, 1.807) is 14.2 Å². The summed E-state index contributed by atoms with van der Waals surface area (Å²) in [6.45, 7) is 0. The number of methoxy groups -OCH3 is 2. The smallest absolute Gasteiger partial charge is 0.257 e. The molecule has 6 rings (SSSR count). The molecule has 1 heterocycles. The lowest BCUT2D eigenvalue weighted by Gasteiger charge is -2.63. The summed E-state index contributed by atoms with van der Waals surface area (Å²) in [5, 5.41) is 0. The monoisotopic (exact) mass is 330 g/mol. The molecule has 1 aliphatic heterocycles. The molecule has 1 aromatic carbocycles. The van der Waals surface area contributed by atoms with Crippen LogP contribution in [-0.2, 0) is 20.3 Å². The van der Waals surface area contributed by atoms with Gasteiger partial charge in [-0.3, -0.25) is 0 Å². The third kappa shape index (κ3) is 1.97. The first kappa shape index (κ1) is 15.2. The highest BCUT2D eigenvalue weighted by molar-refractivity contribution is 5.32. The van der Waals surface area contributed by atoms with Crippen LogP contribution in [0.1, 0.15) is 44.1 Å². The molecule has 0 spiro atoms. The molecule has 1 saturated heterocycles. The Bertz CT molecular complexity index is 586. The van der Waals surface area contributed by atoms with E-state index in [0.29, 0.717) is 0 Å². The maximum absolute atomic E-state index is 5.95. The molecule has 24 heavy (non-hydrogen) atoms. The zero-order valence-electron chi connectivity index (χ0n) is 14.5. The molecule has 0 radical (unpaired) electrons. The molecule has 2 unspecified atom stereocenters. The van der Waals surface area contributed by atoms with Crippen molar-refractivity contribution in [3.8, 4) is 5.75 Å². The van der Waals surface area contributed by atoms with Gasteiger partial charge in [-0.2, -0.15) is 4.89 Å². The van der Waals surface area contributed by atoms with Gasteiger partial charge in [0.05, 0.1) is 7.11 Å². The molecule has 130 valence electrons. The quantitative estimate of drug-likeness (QED) is 0.781. The highest BCUT2D eigenvalue weighted by Gasteiger charge is 2.67. The highest BCUT2D eigenvalue weighted by Crippen LogP contribution is 2.66. The molecule has 4 nitrogen and oxygen atoms in total. The summed E-state index contributed by atoms with van der Waals surface area (Å²) in [6.07, 6.45) is 8.09. The topological polar surface area (TPSA) is 36.9 Å². The second-order valence-corrected chi connectivity index (χ2v) is 8.44. The lowest BCUT2D eigenvalue weighted by Crippen LogP contribution is -2.66. The third-order valence-corrected chi connectivity index (χ3v) is 7.05. The Labute approximate surface area is 143 Å². The van der Waals surface area contributed by atoms with Gasteiger partial charge in [-0.25, -0.2) is 4.89 Å². The van der Waals surface area contributed by atoms with E-state index < -0.39 is 5.79 Å². The average Bonchev–Trinajstić information content (AvgIpc) is 2.54. The summed E-state index contributed by atoms with van der Waals surface area (Å²) < 4.78 is 11.2. The van der Waals surface area contributed by atoms with E-state index in [0.717, 1.165) is 29.1 Å². The van der Waals surface area contributed by atoms with Gasteiger partial charge in [-0.05, 0) is 80.5 Å². The predicted octanol–water partition coefficient (Wildman–Crippen LogP) is 4.04. The van der Waals surface area contributed by atoms with Crippen molar-refractivity contribution in [2.24, 2.45) is 23.2 Å². The first-order valence-corrected chi connectivity index (χ1v) is 9.21. The van der Waals surface area contributed by atoms with Crippen LogP contribution in [-0.4, -0.2) is 20.3 Å². The molecule has 2 atom stereocenters. The second-order valence-electron chi connectivity index (χ2n) is 8.44. The van der Waals surface area contributed by atoms with Crippen LogP contribution in [0.2, 0.25) is 0 Å². The average molecular weight is 330 g/mol. The molecule has 0 N–H and O–H groups in total. The minimum absolute atomic E-state index is 0.00297. The molecule has 4 saturated carbocycles. The number of hydrogen-bond donors (Lipinski definition) is 0. The van der Waals surface area contributed by atoms with Crippen LogP contribution in [0.25, 0.3) is 0 Å². The van der Waals surface area contributed by atoms with Crippen molar-refractivity contribution in [2.75, 3.05) is 14.2 Å². The van der Waals surface area contributed by atoms with Crippen molar-refractivity contribution in [1.29, 1.82) is 0 Å². The van der Waals surface area contributed by atoms with Crippen LogP contribution in [0.5, 0.6) is 5.75 Å². The summed E-state index contributed by atoms with van der Waals surface area (Å²) in [5.74, 6) is 2.72. The van der Waals surface area contributed by atoms with Gasteiger partial charge >= 0.3 is 0 Å². The van der Waals surface area contributed by atoms with E-state index in [4.69, 9.17) is 19.2 Å². The van der Waals surface area contributed by atoms with Crippen molar-refractivity contribution >= 4 is 0 Å². The zero-order valence-corrected chi connectivity index (χ0v) is 14.5. The van der Waals surface area contributed by atoms with Gasteiger partial charge in [0.1, 0.15) is 5.75 Å². The minimum atomic E-state index is -0.766. The lowest BCUT2D eigenvalue weighted by atomic mass is 9.47. The van der Waals surface area contributed by atoms with E-state index in [1.165, 1.54) is 38.5 Å². The Morgan fingerprint density at radius 3 is 1.92 bits per heavy atom. The summed E-state index contributed by atoms with van der Waals surface area (Å²) >= 11 is 0. The summed E-state index contributed by atoms with van der Waals surface area (Å²) in [6, 6.07) is 8.01. The summed E-state index contributed by atoms with van der Waals surface area (Å²) in [4.78, 5) is 11.4. The van der Waals surface area contributed by atoms with Crippen LogP contribution >= 0.6 is 0 Å². The Kier molecular flexibility index (Phi) is 3.29. The maximum atomic E-state index is 5.95. The van der Waals surface area contributed by atoms with Gasteiger partial charge in [0.15, 0.2) is 6.10 Å². The fraction of sp³-hybridized carbons (Fsp3) is 0.700. The zero-order chi connectivity index (χ0) is 16.4. The fourth-order valence-electron chi connectivity index (χ4n) is 6.47. The molecule has 4 bridgehead atoms. The van der Waals surface area contributed by atoms with Crippen LogP contribution in [0, 0.1) is 23.2 Å². The maximum Gasteiger partial charge on any atom is 0.257 e. The third-order valence-electron chi connectivity index (χ3n) is 7.05. The summed E-state index contributed by atoms with van der Waals surface area (Å²) in [7, 11) is 3.42. The number of rotatable bonds is 4. The van der Waals surface area contributed by atoms with E-state index in [1.807, 2.05) is 24.3 Å². The van der Waals surface area contributed by atoms with Gasteiger partial charge in [0, 0.05) is 18.1 Å². The van der Waals surface area contributed by atoms with Crippen LogP contribution < -0.4 is 4.74 Å². The van der Waals surface area contributed by atoms with Gasteiger partial charge in [0.25, 0.3) is 5.79 Å². The Morgan fingerprint density at radius 2 is 1.50 bits per heavy atom. The number of benzene rings is 1. The Hall–Kier alpha value is -1.10. The van der Waals surface area contributed by atoms with Gasteiger partial charge in [-0.1, -0.05) is 0 Å². The number of ether oxygens (including phenoxy) is 2. The lowest BCUT2D eigenvalue weighted by molar-refractivity contribution is -0.599. The molecule has 0 aromatic heterocycles. The molecule has 4 heteroatoms. The van der Waals surface area contributed by atoms with Crippen molar-refractivity contribution in [2.45, 2.75) is 50.4 Å². The van der Waals surface area contributed by atoms with E-state index in [2.05, 4.69) is 0 Å². The van der Waals surface area contributed by atoms with Crippen LogP contribution in [0.15, 0.2) is 24.3 Å². The van der Waals surface area contributed by atoms with Crippen molar-refractivity contribution < 1.29 is 19.2 Å². The van der Waals surface area contributed by atoms with Crippen molar-refractivity contribution in [3.63, 3.8) is 0 Å². The largest absolute Gasteiger partial charge is 0.497 e. The van der Waals surface area contributed by atoms with Gasteiger partial charge in [-0.15, -0.1) is 0 Å². The van der Waals surface area contributed by atoms with E-state index in [-0.39, 0.29) is 11.5 Å². The van der Waals surface area contributed by atoms with E-state index in [9.17, 15) is 0 Å². The van der Waals surface area contributed by atoms with Gasteiger partial charge < -0.3 is 9.47 Å². The first-order chi connectivity index (χ1) is 11.7. The Morgan fingerprint density at radius 1 is 0.917 bits per heavy atom. The highest BCUT2D eigenvalue weighted by atomic mass is 17.3. The van der Waals surface area contributed by atoms with Crippen LogP contribution in [0.4, 0.5) is 0 Å². The fourth-order valence-corrected chi connectivity index (χ4v) is 6.47. The van der Waals surface area contributed by atoms with E-state index >= 15 is 0 Å². The molecular formula is C20H26O4. The predicted molar refractivity (Wildman–Crippen MR) is 88.2 cm³/mol. The molecular weight excluding hydrogens is 304 g/mol. The normalized spacial score (nSPS) is 45.9. The Balaban J connectivity index is 1.49. The molecule has 1 aromatic rings.